The van der Waals surface area contributed by atoms with Crippen LogP contribution < -0.4 is 0 Å². The molecule has 0 aromatic carbocycles. The van der Waals surface area contributed by atoms with Crippen molar-refractivity contribution in [1.82, 2.24) is 0 Å². The van der Waals surface area contributed by atoms with Crippen LogP contribution in [0.1, 0.15) is 0 Å². The van der Waals surface area contributed by atoms with Crippen molar-refractivity contribution in [3.8, 4) is 4.97 Å². The Morgan fingerprint density at radius 2 is 1.83 bits per heavy atom. The van der Waals surface area contributed by atoms with E-state index in [1.165, 1.54) is 0 Å². The van der Waals surface area contributed by atoms with E-state index in [1.54, 1.807) is 0 Å². The normalized spacial score (nSPS) is 10.0. The first kappa shape index (κ1) is 5.57. The van der Waals surface area contributed by atoms with Crippen LogP contribution in [0.4, 0.5) is 0 Å². The second kappa shape index (κ2) is 1.35. The van der Waals surface area contributed by atoms with Gasteiger partial charge in [-0.25, -0.2) is 0 Å². The zero-order valence-corrected chi connectivity index (χ0v) is 3.77. The van der Waals surface area contributed by atoms with Gasteiger partial charge in [0.05, 0.1) is 0 Å². The quantitative estimate of drug-likeness (QED) is 0.436. The molecule has 6 heavy (non-hydrogen) atoms. The minimum atomic E-state index is -4.84. The Morgan fingerprint density at radius 1 is 1.67 bits per heavy atom. The van der Waals surface area contributed by atoms with Gasteiger partial charge in [-0.2, -0.15) is 0 Å². The Morgan fingerprint density at radius 3 is 1.83 bits per heavy atom. The van der Waals surface area contributed by atoms with Gasteiger partial charge in [0.1, 0.15) is 0 Å². The van der Waals surface area contributed by atoms with Crippen LogP contribution in [-0.2, 0) is 20.7 Å². The molecule has 0 saturated carbocycles. The van der Waals surface area contributed by atoms with Gasteiger partial charge >= 0.3 is 35.1 Å². The number of nitriles is 1. The fraction of sp³-hybridized carbons (Fsp3) is 0. The van der Waals surface area contributed by atoms with E-state index in [9.17, 15) is 7.67 Å². The van der Waals surface area contributed by atoms with Gasteiger partial charge in [0, 0.05) is 0 Å². The van der Waals surface area contributed by atoms with Gasteiger partial charge in [-0.05, 0) is 0 Å². The standard InChI is InChI=1S/CN.Mn.H2O.2O/c1-2;;;;/h;;1H2;;/q;+1;;;/p-1. The molecular formula is CHMnNO3. The van der Waals surface area contributed by atoms with Gasteiger partial charge in [0.25, 0.3) is 0 Å². The molecule has 0 rings (SSSR count). The molecule has 0 aromatic heterocycles. The molecule has 0 unspecified atom stereocenters. The SMILES string of the molecule is N#[C][Mn](=[O])(=[O])[OH]. The zero-order valence-electron chi connectivity index (χ0n) is 2.59. The first-order valence-corrected chi connectivity index (χ1v) is 2.97. The molecule has 0 atom stereocenters. The fourth-order valence-corrected chi connectivity index (χ4v) is 0. The molecule has 0 aliphatic heterocycles. The Hall–Kier alpha value is -0.431. The molecule has 5 heteroatoms. The molecule has 0 radical (unpaired) electrons. The fourth-order valence-electron chi connectivity index (χ4n) is 0. The van der Waals surface area contributed by atoms with Gasteiger partial charge in [-0.1, -0.05) is 0 Å². The van der Waals surface area contributed by atoms with Crippen LogP contribution >= 0.6 is 0 Å². The van der Waals surface area contributed by atoms with E-state index in [2.05, 4.69) is 0 Å². The summed E-state index contributed by atoms with van der Waals surface area (Å²) in [6.07, 6.45) is 0. The summed E-state index contributed by atoms with van der Waals surface area (Å²) < 4.78 is 26.0. The van der Waals surface area contributed by atoms with E-state index in [1.807, 2.05) is 0 Å². The minimum absolute atomic E-state index is 0.689. The molecule has 0 spiro atoms. The Bertz CT molecular complexity index is 160. The van der Waals surface area contributed by atoms with Crippen molar-refractivity contribution in [2.24, 2.45) is 0 Å². The van der Waals surface area contributed by atoms with Gasteiger partial charge < -0.3 is 0 Å². The molecule has 0 bridgehead atoms. The maximum absolute atomic E-state index is 9.25. The Labute approximate surface area is 36.0 Å². The van der Waals surface area contributed by atoms with Crippen molar-refractivity contribution in [1.29, 1.82) is 5.26 Å². The van der Waals surface area contributed by atoms with Crippen molar-refractivity contribution in [3.63, 3.8) is 0 Å². The van der Waals surface area contributed by atoms with Gasteiger partial charge in [-0.3, -0.25) is 0 Å². The van der Waals surface area contributed by atoms with Crippen LogP contribution in [0.25, 0.3) is 0 Å². The average molecular weight is 130 g/mol. The van der Waals surface area contributed by atoms with E-state index in [0.29, 0.717) is 4.97 Å². The molecular weight excluding hydrogens is 129 g/mol. The molecule has 0 aliphatic rings. The second-order valence-electron chi connectivity index (χ2n) is 0.524. The Balaban J connectivity index is 4.41. The van der Waals surface area contributed by atoms with Crippen LogP contribution in [0.2, 0.25) is 0 Å². The van der Waals surface area contributed by atoms with E-state index >= 15 is 0 Å². The maximum atomic E-state index is 9.25. The number of hydrogen-bond acceptors (Lipinski definition) is 3. The van der Waals surface area contributed by atoms with Crippen LogP contribution in [0.5, 0.6) is 0 Å². The molecule has 35 valence electrons. The summed E-state index contributed by atoms with van der Waals surface area (Å²) in [6, 6.07) is 0. The third-order valence-corrected chi connectivity index (χ3v) is 0.440. The van der Waals surface area contributed by atoms with Crippen molar-refractivity contribution in [3.05, 3.63) is 0 Å². The molecule has 1 N–H and O–H groups in total. The van der Waals surface area contributed by atoms with Crippen LogP contribution in [-0.4, -0.2) is 4.19 Å². The predicted octanol–water partition coefficient (Wildman–Crippen LogP) is -0.780. The topological polar surface area (TPSA) is 78.2 Å². The monoisotopic (exact) mass is 130 g/mol. The van der Waals surface area contributed by atoms with E-state index in [4.69, 9.17) is 9.45 Å². The first-order valence-electron chi connectivity index (χ1n) is 0.890. The summed E-state index contributed by atoms with van der Waals surface area (Å²) in [6.45, 7) is 0. The average Bonchev–Trinajstić information content (AvgIpc) is 1.35. The molecule has 0 aliphatic carbocycles. The molecule has 0 amide bonds. The van der Waals surface area contributed by atoms with Crippen molar-refractivity contribution in [2.45, 2.75) is 0 Å². The third kappa shape index (κ3) is 3.57. The summed E-state index contributed by atoms with van der Waals surface area (Å²) in [5.41, 5.74) is 0. The van der Waals surface area contributed by atoms with Gasteiger partial charge in [0.2, 0.25) is 0 Å². The zero-order chi connectivity index (χ0) is 5.21. The summed E-state index contributed by atoms with van der Waals surface area (Å²) >= 11 is -4.84. The molecule has 0 fully saturated rings. The van der Waals surface area contributed by atoms with Crippen LogP contribution in [0.15, 0.2) is 0 Å². The number of hydrogen-bond donors (Lipinski definition) is 1. The number of nitrogens with zero attached hydrogens (tertiary/aromatic N) is 1. The van der Waals surface area contributed by atoms with Crippen LogP contribution in [0.3, 0.4) is 0 Å². The predicted molar refractivity (Wildman–Crippen MR) is 9.20 cm³/mol. The summed E-state index contributed by atoms with van der Waals surface area (Å²) in [4.78, 5) is 0.689. The van der Waals surface area contributed by atoms with E-state index in [0.717, 1.165) is 0 Å². The molecule has 0 saturated heterocycles. The van der Waals surface area contributed by atoms with Crippen molar-refractivity contribution < 1.29 is 24.9 Å². The summed E-state index contributed by atoms with van der Waals surface area (Å²) in [7, 11) is 0. The molecule has 0 aromatic rings. The van der Waals surface area contributed by atoms with Gasteiger partial charge in [0.15, 0.2) is 0 Å². The summed E-state index contributed by atoms with van der Waals surface area (Å²) in [5, 5.41) is 7.34. The van der Waals surface area contributed by atoms with E-state index in [-0.39, 0.29) is 0 Å². The molecule has 4 nitrogen and oxygen atoms in total. The third-order valence-electron chi connectivity index (χ3n) is 0.107. The second-order valence-corrected chi connectivity index (χ2v) is 2.16. The van der Waals surface area contributed by atoms with Crippen molar-refractivity contribution >= 4 is 0 Å². The van der Waals surface area contributed by atoms with Gasteiger partial charge in [-0.15, -0.1) is 0 Å². The summed E-state index contributed by atoms with van der Waals surface area (Å²) in [5.74, 6) is 0. The van der Waals surface area contributed by atoms with E-state index < -0.39 is 13.0 Å². The number of rotatable bonds is 0. The first-order chi connectivity index (χ1) is 2.56. The van der Waals surface area contributed by atoms with Crippen LogP contribution in [0, 0.1) is 10.2 Å². The van der Waals surface area contributed by atoms with Crippen molar-refractivity contribution in [2.75, 3.05) is 0 Å². The molecule has 0 heterocycles. The Kier molecular flexibility index (Phi) is 1.25.